The molecule has 2 aromatic carbocycles. The molecular formula is C24H28ClFN2O3. The molecule has 3 rings (SSSR count). The van der Waals surface area contributed by atoms with Crippen LogP contribution < -0.4 is 9.47 Å². The fourth-order valence-corrected chi connectivity index (χ4v) is 4.14. The van der Waals surface area contributed by atoms with Gasteiger partial charge in [0.1, 0.15) is 5.82 Å². The Morgan fingerprint density at radius 2 is 1.84 bits per heavy atom. The van der Waals surface area contributed by atoms with Gasteiger partial charge >= 0.3 is 0 Å². The highest BCUT2D eigenvalue weighted by atomic mass is 35.5. The van der Waals surface area contributed by atoms with Crippen LogP contribution in [0.3, 0.4) is 0 Å². The fraction of sp³-hybridized carbons (Fsp3) is 0.375. The first-order valence-corrected chi connectivity index (χ1v) is 10.6. The molecule has 0 N–H and O–H groups in total. The van der Waals surface area contributed by atoms with E-state index in [9.17, 15) is 9.18 Å². The van der Waals surface area contributed by atoms with Crippen molar-refractivity contribution in [2.75, 3.05) is 27.3 Å². The van der Waals surface area contributed by atoms with Crippen LogP contribution >= 0.6 is 11.6 Å². The van der Waals surface area contributed by atoms with Gasteiger partial charge in [-0.2, -0.15) is 0 Å². The second-order valence-corrected chi connectivity index (χ2v) is 8.22. The van der Waals surface area contributed by atoms with Crippen molar-refractivity contribution in [3.8, 4) is 11.5 Å². The maximum absolute atomic E-state index is 13.2. The third-order valence-corrected chi connectivity index (χ3v) is 5.85. The molecule has 1 amide bonds. The van der Waals surface area contributed by atoms with Gasteiger partial charge in [0.15, 0.2) is 11.5 Å². The number of methoxy groups -OCH3 is 2. The zero-order valence-electron chi connectivity index (χ0n) is 18.3. The number of nitrogens with zero attached hydrogens (tertiary/aromatic N) is 2. The van der Waals surface area contributed by atoms with Crippen LogP contribution in [0.25, 0.3) is 6.08 Å². The lowest BCUT2D eigenvalue weighted by molar-refractivity contribution is -0.131. The van der Waals surface area contributed by atoms with Crippen molar-refractivity contribution in [2.45, 2.75) is 32.5 Å². The minimum Gasteiger partial charge on any atom is -0.493 e. The number of carbonyl (C=O) groups is 1. The predicted molar refractivity (Wildman–Crippen MR) is 121 cm³/mol. The lowest BCUT2D eigenvalue weighted by atomic mass is 10.1. The number of benzene rings is 2. The highest BCUT2D eigenvalue weighted by Gasteiger charge is 2.31. The van der Waals surface area contributed by atoms with Gasteiger partial charge in [-0.05, 0) is 55.3 Å². The summed E-state index contributed by atoms with van der Waals surface area (Å²) in [5.74, 6) is 0.695. The van der Waals surface area contributed by atoms with E-state index in [1.807, 2.05) is 11.8 Å². The van der Waals surface area contributed by atoms with Gasteiger partial charge in [-0.3, -0.25) is 9.69 Å². The van der Waals surface area contributed by atoms with E-state index in [4.69, 9.17) is 21.1 Å². The monoisotopic (exact) mass is 446 g/mol. The third-order valence-electron chi connectivity index (χ3n) is 5.57. The molecule has 0 aromatic heterocycles. The molecule has 0 bridgehead atoms. The van der Waals surface area contributed by atoms with E-state index in [1.54, 1.807) is 43.5 Å². The van der Waals surface area contributed by atoms with Crippen LogP contribution in [0, 0.1) is 5.82 Å². The molecule has 31 heavy (non-hydrogen) atoms. The fourth-order valence-electron chi connectivity index (χ4n) is 3.85. The first-order chi connectivity index (χ1) is 14.8. The number of halogens is 2. The van der Waals surface area contributed by atoms with Gasteiger partial charge < -0.3 is 14.4 Å². The van der Waals surface area contributed by atoms with E-state index < -0.39 is 0 Å². The van der Waals surface area contributed by atoms with Gasteiger partial charge in [-0.1, -0.05) is 23.7 Å². The predicted octanol–water partition coefficient (Wildman–Crippen LogP) is 4.63. The van der Waals surface area contributed by atoms with E-state index in [-0.39, 0.29) is 23.8 Å². The number of hydrogen-bond acceptors (Lipinski definition) is 4. The van der Waals surface area contributed by atoms with E-state index >= 15 is 0 Å². The molecule has 0 unspecified atom stereocenters. The summed E-state index contributed by atoms with van der Waals surface area (Å²) in [6.45, 7) is 6.25. The van der Waals surface area contributed by atoms with Crippen molar-refractivity contribution in [1.29, 1.82) is 0 Å². The summed E-state index contributed by atoms with van der Waals surface area (Å²) < 4.78 is 23.7. The molecule has 0 aliphatic carbocycles. The zero-order chi connectivity index (χ0) is 22.5. The van der Waals surface area contributed by atoms with Crippen molar-refractivity contribution in [1.82, 2.24) is 9.80 Å². The molecule has 7 heteroatoms. The minimum atomic E-state index is -0.233. The quantitative estimate of drug-likeness (QED) is 0.607. The Bertz CT molecular complexity index is 949. The van der Waals surface area contributed by atoms with Crippen LogP contribution in [-0.2, 0) is 11.3 Å². The maximum Gasteiger partial charge on any atom is 0.246 e. The van der Waals surface area contributed by atoms with Crippen molar-refractivity contribution < 1.29 is 18.7 Å². The molecule has 1 heterocycles. The molecule has 1 aliphatic heterocycles. The lowest BCUT2D eigenvalue weighted by Crippen LogP contribution is -2.57. The number of rotatable bonds is 6. The summed E-state index contributed by atoms with van der Waals surface area (Å²) in [5.41, 5.74) is 1.82. The number of ether oxygens (including phenoxy) is 2. The van der Waals surface area contributed by atoms with Gasteiger partial charge in [0.2, 0.25) is 5.91 Å². The Balaban J connectivity index is 1.66. The van der Waals surface area contributed by atoms with E-state index in [0.717, 1.165) is 24.2 Å². The first kappa shape index (κ1) is 23.1. The average Bonchev–Trinajstić information content (AvgIpc) is 2.75. The lowest BCUT2D eigenvalue weighted by Gasteiger charge is -2.44. The second kappa shape index (κ2) is 10.2. The summed E-state index contributed by atoms with van der Waals surface area (Å²) in [6, 6.07) is 10.3. The minimum absolute atomic E-state index is 0.0494. The molecule has 166 valence electrons. The Hall–Kier alpha value is -2.57. The molecule has 1 saturated heterocycles. The molecule has 0 spiro atoms. The standard InChI is InChI=1S/C24H28ClFN2O3/c1-16-14-28(17(2)13-27(16)15-18-5-8-20(26)9-6-18)23(29)10-7-19-11-21(25)24(31-4)22(12-19)30-3/h5-12,16-17H,13-15H2,1-4H3/b10-7+/t16-,17+/m0/s1. The topological polar surface area (TPSA) is 42.0 Å². The number of amides is 1. The zero-order valence-corrected chi connectivity index (χ0v) is 19.0. The van der Waals surface area contributed by atoms with Gasteiger partial charge in [0.05, 0.1) is 19.2 Å². The van der Waals surface area contributed by atoms with E-state index in [0.29, 0.717) is 23.1 Å². The average molecular weight is 447 g/mol. The van der Waals surface area contributed by atoms with E-state index in [2.05, 4.69) is 11.8 Å². The summed E-state index contributed by atoms with van der Waals surface area (Å²) >= 11 is 6.25. The molecule has 0 saturated carbocycles. The summed E-state index contributed by atoms with van der Waals surface area (Å²) in [5, 5.41) is 0.422. The molecule has 2 atom stereocenters. The largest absolute Gasteiger partial charge is 0.493 e. The Morgan fingerprint density at radius 1 is 1.13 bits per heavy atom. The molecule has 2 aromatic rings. The van der Waals surface area contributed by atoms with Crippen molar-refractivity contribution >= 4 is 23.6 Å². The number of carbonyl (C=O) groups excluding carboxylic acids is 1. The Kier molecular flexibility index (Phi) is 7.57. The molecule has 0 radical (unpaired) electrons. The number of piperazine rings is 1. The highest BCUT2D eigenvalue weighted by molar-refractivity contribution is 6.32. The molecular weight excluding hydrogens is 419 g/mol. The summed E-state index contributed by atoms with van der Waals surface area (Å²) in [4.78, 5) is 17.1. The summed E-state index contributed by atoms with van der Waals surface area (Å²) in [6.07, 6.45) is 3.30. The van der Waals surface area contributed by atoms with Crippen molar-refractivity contribution in [2.24, 2.45) is 0 Å². The van der Waals surface area contributed by atoms with Crippen LogP contribution in [0.2, 0.25) is 5.02 Å². The molecule has 5 nitrogen and oxygen atoms in total. The van der Waals surface area contributed by atoms with Crippen LogP contribution in [0.15, 0.2) is 42.5 Å². The van der Waals surface area contributed by atoms with Crippen LogP contribution in [0.4, 0.5) is 4.39 Å². The third kappa shape index (κ3) is 5.57. The Morgan fingerprint density at radius 3 is 2.48 bits per heavy atom. The van der Waals surface area contributed by atoms with Gasteiger partial charge in [0.25, 0.3) is 0 Å². The van der Waals surface area contributed by atoms with E-state index in [1.165, 1.54) is 19.2 Å². The van der Waals surface area contributed by atoms with Crippen molar-refractivity contribution in [3.63, 3.8) is 0 Å². The summed E-state index contributed by atoms with van der Waals surface area (Å²) in [7, 11) is 3.07. The number of hydrogen-bond donors (Lipinski definition) is 0. The van der Waals surface area contributed by atoms with Gasteiger partial charge in [-0.15, -0.1) is 0 Å². The van der Waals surface area contributed by atoms with Crippen LogP contribution in [0.1, 0.15) is 25.0 Å². The molecule has 1 fully saturated rings. The van der Waals surface area contributed by atoms with Gasteiger partial charge in [0, 0.05) is 37.8 Å². The normalized spacial score (nSPS) is 19.6. The van der Waals surface area contributed by atoms with Gasteiger partial charge in [-0.25, -0.2) is 4.39 Å². The first-order valence-electron chi connectivity index (χ1n) is 10.2. The second-order valence-electron chi connectivity index (χ2n) is 7.82. The SMILES string of the molecule is COc1cc(/C=C/C(=O)N2C[C@H](C)N(Cc3ccc(F)cc3)C[C@H]2C)cc(Cl)c1OC. The smallest absolute Gasteiger partial charge is 0.246 e. The Labute approximate surface area is 188 Å². The van der Waals surface area contributed by atoms with Crippen molar-refractivity contribution in [3.05, 3.63) is 64.4 Å². The van der Waals surface area contributed by atoms with Crippen LogP contribution in [0.5, 0.6) is 11.5 Å². The highest BCUT2D eigenvalue weighted by Crippen LogP contribution is 2.36. The molecule has 1 aliphatic rings. The van der Waals surface area contributed by atoms with Crippen LogP contribution in [-0.4, -0.2) is 55.1 Å². The maximum atomic E-state index is 13.2.